The van der Waals surface area contributed by atoms with Gasteiger partial charge in [0.1, 0.15) is 0 Å². The Morgan fingerprint density at radius 1 is 1.35 bits per heavy atom. The molecule has 0 aliphatic rings. The molecule has 0 aromatic carbocycles. The first-order valence-corrected chi connectivity index (χ1v) is 7.11. The van der Waals surface area contributed by atoms with E-state index < -0.39 is 16.3 Å². The van der Waals surface area contributed by atoms with Gasteiger partial charge in [-0.15, -0.1) is 11.6 Å². The van der Waals surface area contributed by atoms with Crippen LogP contribution in [0.3, 0.4) is 0 Å². The summed E-state index contributed by atoms with van der Waals surface area (Å²) in [5.74, 6) is 0.399. The molecular weight excluding hydrogens is 272 g/mol. The van der Waals surface area contributed by atoms with Gasteiger partial charge in [0.25, 0.3) is 0 Å². The highest BCUT2D eigenvalue weighted by Gasteiger charge is 2.13. The summed E-state index contributed by atoms with van der Waals surface area (Å²) in [5.41, 5.74) is 0. The lowest BCUT2D eigenvalue weighted by Crippen LogP contribution is -2.41. The molecule has 17 heavy (non-hydrogen) atoms. The number of hydrogen-bond acceptors (Lipinski definition) is 5. The summed E-state index contributed by atoms with van der Waals surface area (Å²) < 4.78 is 35.8. The van der Waals surface area contributed by atoms with E-state index in [1.165, 1.54) is 0 Å². The van der Waals surface area contributed by atoms with Crippen molar-refractivity contribution in [1.29, 1.82) is 0 Å². The Morgan fingerprint density at radius 2 is 2.06 bits per heavy atom. The highest BCUT2D eigenvalue weighted by molar-refractivity contribution is 7.88. The van der Waals surface area contributed by atoms with Gasteiger partial charge in [-0.3, -0.25) is 0 Å². The summed E-state index contributed by atoms with van der Waals surface area (Å²) >= 11 is 5.38. The zero-order valence-electron chi connectivity index (χ0n) is 9.57. The Hall–Kier alpha value is -0.570. The first kappa shape index (κ1) is 16.4. The van der Waals surface area contributed by atoms with Gasteiger partial charge in [-0.2, -0.15) is 13.1 Å². The first-order valence-electron chi connectivity index (χ1n) is 5.09. The molecular formula is C8H17ClN2O5S. The molecule has 0 saturated heterocycles. The van der Waals surface area contributed by atoms with E-state index in [1.54, 1.807) is 11.6 Å². The molecule has 0 spiro atoms. The van der Waals surface area contributed by atoms with Crippen molar-refractivity contribution in [3.05, 3.63) is 0 Å². The van der Waals surface area contributed by atoms with Crippen LogP contribution in [-0.2, 0) is 19.7 Å². The molecule has 0 atom stereocenters. The van der Waals surface area contributed by atoms with Crippen molar-refractivity contribution < 1.29 is 22.7 Å². The highest BCUT2D eigenvalue weighted by Crippen LogP contribution is 1.86. The third-order valence-electron chi connectivity index (χ3n) is 1.47. The maximum Gasteiger partial charge on any atom is 0.421 e. The summed E-state index contributed by atoms with van der Waals surface area (Å²) in [6, 6.07) is 0. The quantitative estimate of drug-likeness (QED) is 0.467. The average Bonchev–Trinajstić information content (AvgIpc) is 2.22. The number of alkyl halides is 1. The standard InChI is InChI=1S/C8H17ClN2O5S/c1-2-16-8(12)11-17(13,14)10-5-3-6-15-7-4-9/h10H,2-7H2,1H3,(H,11,12). The van der Waals surface area contributed by atoms with Crippen molar-refractivity contribution in [2.24, 2.45) is 0 Å². The Kier molecular flexibility index (Phi) is 9.14. The number of carbonyl (C=O) groups excluding carboxylic acids is 1. The Bertz CT molecular complexity index is 309. The molecule has 0 fully saturated rings. The lowest BCUT2D eigenvalue weighted by atomic mass is 10.5. The van der Waals surface area contributed by atoms with Crippen LogP contribution in [0.2, 0.25) is 0 Å². The van der Waals surface area contributed by atoms with E-state index >= 15 is 0 Å². The first-order chi connectivity index (χ1) is 8.02. The zero-order chi connectivity index (χ0) is 13.1. The Labute approximate surface area is 106 Å². The van der Waals surface area contributed by atoms with Crippen molar-refractivity contribution in [2.45, 2.75) is 13.3 Å². The molecule has 2 N–H and O–H groups in total. The largest absolute Gasteiger partial charge is 0.449 e. The third kappa shape index (κ3) is 10.3. The number of hydrogen-bond donors (Lipinski definition) is 2. The molecule has 0 heterocycles. The number of halogens is 1. The summed E-state index contributed by atoms with van der Waals surface area (Å²) in [6.45, 7) is 2.67. The number of rotatable bonds is 9. The van der Waals surface area contributed by atoms with Crippen molar-refractivity contribution >= 4 is 27.9 Å². The molecule has 0 bridgehead atoms. The summed E-state index contributed by atoms with van der Waals surface area (Å²) in [4.78, 5) is 10.8. The second-order valence-corrected chi connectivity index (χ2v) is 4.75. The molecule has 0 aliphatic carbocycles. The van der Waals surface area contributed by atoms with Crippen LogP contribution in [0.1, 0.15) is 13.3 Å². The van der Waals surface area contributed by atoms with E-state index in [-0.39, 0.29) is 13.2 Å². The minimum absolute atomic E-state index is 0.105. The lowest BCUT2D eigenvalue weighted by molar-refractivity contribution is 0.147. The molecule has 0 aromatic heterocycles. The fourth-order valence-corrected chi connectivity index (χ4v) is 1.72. The number of amides is 1. The predicted molar refractivity (Wildman–Crippen MR) is 63.2 cm³/mol. The van der Waals surface area contributed by atoms with Gasteiger partial charge in [-0.05, 0) is 13.3 Å². The van der Waals surface area contributed by atoms with Crippen LogP contribution < -0.4 is 9.44 Å². The second kappa shape index (κ2) is 9.46. The molecule has 0 aromatic rings. The van der Waals surface area contributed by atoms with Crippen molar-refractivity contribution in [2.75, 3.05) is 32.2 Å². The normalized spacial score (nSPS) is 11.2. The summed E-state index contributed by atoms with van der Waals surface area (Å²) in [5, 5.41) is 0. The molecule has 0 radical (unpaired) electrons. The Morgan fingerprint density at radius 3 is 2.65 bits per heavy atom. The topological polar surface area (TPSA) is 93.7 Å². The van der Waals surface area contributed by atoms with Crippen LogP contribution in [-0.4, -0.2) is 46.8 Å². The number of nitrogens with one attached hydrogen (secondary N) is 2. The zero-order valence-corrected chi connectivity index (χ0v) is 11.1. The second-order valence-electron chi connectivity index (χ2n) is 2.88. The van der Waals surface area contributed by atoms with Gasteiger partial charge < -0.3 is 9.47 Å². The number of ether oxygens (including phenoxy) is 2. The minimum atomic E-state index is -3.85. The molecule has 0 rings (SSSR count). The Balaban J connectivity index is 3.68. The van der Waals surface area contributed by atoms with Crippen LogP contribution in [0.15, 0.2) is 0 Å². The van der Waals surface area contributed by atoms with E-state index in [1.807, 2.05) is 0 Å². The van der Waals surface area contributed by atoms with Gasteiger partial charge in [-0.25, -0.2) is 9.52 Å². The third-order valence-corrected chi connectivity index (χ3v) is 2.65. The van der Waals surface area contributed by atoms with Crippen LogP contribution in [0, 0.1) is 0 Å². The van der Waals surface area contributed by atoms with Crippen LogP contribution in [0.25, 0.3) is 0 Å². The van der Waals surface area contributed by atoms with Gasteiger partial charge in [0.2, 0.25) is 0 Å². The van der Waals surface area contributed by atoms with Crippen molar-refractivity contribution in [3.63, 3.8) is 0 Å². The minimum Gasteiger partial charge on any atom is -0.449 e. The fraction of sp³-hybridized carbons (Fsp3) is 0.875. The molecule has 0 unspecified atom stereocenters. The molecule has 1 amide bonds. The maximum atomic E-state index is 11.2. The van der Waals surface area contributed by atoms with E-state index in [0.29, 0.717) is 25.5 Å². The average molecular weight is 289 g/mol. The molecule has 7 nitrogen and oxygen atoms in total. The van der Waals surface area contributed by atoms with E-state index in [4.69, 9.17) is 16.3 Å². The van der Waals surface area contributed by atoms with Gasteiger partial charge in [0, 0.05) is 19.0 Å². The van der Waals surface area contributed by atoms with E-state index in [2.05, 4.69) is 9.46 Å². The number of carbonyl (C=O) groups is 1. The summed E-state index contributed by atoms with van der Waals surface area (Å²) in [7, 11) is -3.85. The fourth-order valence-electron chi connectivity index (χ4n) is 0.844. The van der Waals surface area contributed by atoms with Crippen LogP contribution in [0.5, 0.6) is 0 Å². The van der Waals surface area contributed by atoms with Crippen molar-refractivity contribution in [1.82, 2.24) is 9.44 Å². The van der Waals surface area contributed by atoms with E-state index in [0.717, 1.165) is 0 Å². The monoisotopic (exact) mass is 288 g/mol. The van der Waals surface area contributed by atoms with Gasteiger partial charge in [-0.1, -0.05) is 0 Å². The van der Waals surface area contributed by atoms with Gasteiger partial charge in [0.05, 0.1) is 13.2 Å². The molecule has 0 aliphatic heterocycles. The summed E-state index contributed by atoms with van der Waals surface area (Å²) in [6.07, 6.45) is -0.515. The van der Waals surface area contributed by atoms with Gasteiger partial charge in [0.15, 0.2) is 0 Å². The molecule has 9 heteroatoms. The van der Waals surface area contributed by atoms with Crippen LogP contribution in [0.4, 0.5) is 4.79 Å². The predicted octanol–water partition coefficient (Wildman–Crippen LogP) is 0.212. The SMILES string of the molecule is CCOC(=O)NS(=O)(=O)NCCCOCCCl. The molecule has 0 saturated carbocycles. The molecule has 102 valence electrons. The van der Waals surface area contributed by atoms with Gasteiger partial charge >= 0.3 is 16.3 Å². The highest BCUT2D eigenvalue weighted by atomic mass is 35.5. The maximum absolute atomic E-state index is 11.2. The van der Waals surface area contributed by atoms with Crippen molar-refractivity contribution in [3.8, 4) is 0 Å². The van der Waals surface area contributed by atoms with E-state index in [9.17, 15) is 13.2 Å². The van der Waals surface area contributed by atoms with Crippen LogP contribution >= 0.6 is 11.6 Å². The lowest BCUT2D eigenvalue weighted by Gasteiger charge is -2.08. The smallest absolute Gasteiger partial charge is 0.421 e.